The van der Waals surface area contributed by atoms with E-state index in [0.717, 1.165) is 31.6 Å². The summed E-state index contributed by atoms with van der Waals surface area (Å²) in [5, 5.41) is 2.89. The van der Waals surface area contributed by atoms with Gasteiger partial charge in [-0.3, -0.25) is 4.79 Å². The minimum atomic E-state index is -4.38. The molecule has 1 saturated carbocycles. The number of alkyl halides is 3. The van der Waals surface area contributed by atoms with Crippen molar-refractivity contribution in [1.82, 2.24) is 5.32 Å². The van der Waals surface area contributed by atoms with Crippen molar-refractivity contribution in [3.05, 3.63) is 35.4 Å². The summed E-state index contributed by atoms with van der Waals surface area (Å²) in [7, 11) is 0. The molecule has 0 unspecified atom stereocenters. The summed E-state index contributed by atoms with van der Waals surface area (Å²) in [6.07, 6.45) is -2.41. The highest BCUT2D eigenvalue weighted by molar-refractivity contribution is 5.79. The van der Waals surface area contributed by atoms with Gasteiger partial charge in [-0.2, -0.15) is 13.2 Å². The average Bonchev–Trinajstić information content (AvgIpc) is 2.77. The van der Waals surface area contributed by atoms with Gasteiger partial charge in [0.15, 0.2) is 0 Å². The summed E-state index contributed by atoms with van der Waals surface area (Å²) >= 11 is 0. The number of nitrogens with one attached hydrogen (secondary N) is 1. The second-order valence-corrected chi connectivity index (χ2v) is 5.65. The summed E-state index contributed by atoms with van der Waals surface area (Å²) in [6, 6.07) is 5.01. The van der Waals surface area contributed by atoms with Gasteiger partial charge < -0.3 is 10.1 Å². The minimum Gasteiger partial charge on any atom is -0.378 e. The number of rotatable bonds is 3. The molecule has 3 nitrogen and oxygen atoms in total. The normalized spacial score (nSPS) is 27.9. The van der Waals surface area contributed by atoms with Crippen LogP contribution in [0.15, 0.2) is 24.3 Å². The summed E-state index contributed by atoms with van der Waals surface area (Å²) in [5.41, 5.74) is -0.346. The standard InChI is InChI=1S/C15H16F3NO2/c16-15(17,18)10-3-1-2-9(6-10)7-14(20)19-12-8-13-11(12)4-5-21-13/h1-3,6,11-13H,4-5,7-8H2,(H,19,20)/t11-,12+,13+/m1/s1. The van der Waals surface area contributed by atoms with Crippen molar-refractivity contribution in [3.63, 3.8) is 0 Å². The molecule has 1 aromatic carbocycles. The number of ether oxygens (including phenoxy) is 1. The maximum absolute atomic E-state index is 12.6. The van der Waals surface area contributed by atoms with E-state index in [1.165, 1.54) is 12.1 Å². The van der Waals surface area contributed by atoms with E-state index in [0.29, 0.717) is 11.5 Å². The highest BCUT2D eigenvalue weighted by Gasteiger charge is 2.45. The molecule has 3 atom stereocenters. The fraction of sp³-hybridized carbons (Fsp3) is 0.533. The van der Waals surface area contributed by atoms with Crippen molar-refractivity contribution in [3.8, 4) is 0 Å². The lowest BCUT2D eigenvalue weighted by atomic mass is 9.76. The van der Waals surface area contributed by atoms with E-state index in [-0.39, 0.29) is 24.5 Å². The summed E-state index contributed by atoms with van der Waals surface area (Å²) in [5.74, 6) is 0.139. The number of benzene rings is 1. The number of hydrogen-bond donors (Lipinski definition) is 1. The molecule has 1 amide bonds. The third kappa shape index (κ3) is 3.05. The van der Waals surface area contributed by atoms with Crippen LogP contribution in [0.5, 0.6) is 0 Å². The quantitative estimate of drug-likeness (QED) is 0.931. The van der Waals surface area contributed by atoms with E-state index >= 15 is 0 Å². The Morgan fingerprint density at radius 2 is 2.19 bits per heavy atom. The lowest BCUT2D eigenvalue weighted by Crippen LogP contribution is -2.53. The van der Waals surface area contributed by atoms with Crippen molar-refractivity contribution >= 4 is 5.91 Å². The van der Waals surface area contributed by atoms with Gasteiger partial charge in [-0.1, -0.05) is 18.2 Å². The van der Waals surface area contributed by atoms with E-state index in [9.17, 15) is 18.0 Å². The van der Waals surface area contributed by atoms with Crippen LogP contribution in [-0.2, 0) is 22.1 Å². The van der Waals surface area contributed by atoms with Crippen LogP contribution in [0.25, 0.3) is 0 Å². The van der Waals surface area contributed by atoms with E-state index < -0.39 is 11.7 Å². The molecule has 0 radical (unpaired) electrons. The van der Waals surface area contributed by atoms with Crippen molar-refractivity contribution in [2.24, 2.45) is 5.92 Å². The maximum atomic E-state index is 12.6. The van der Waals surface area contributed by atoms with Crippen molar-refractivity contribution < 1.29 is 22.7 Å². The Labute approximate surface area is 120 Å². The first-order valence-electron chi connectivity index (χ1n) is 7.00. The molecule has 0 spiro atoms. The van der Waals surface area contributed by atoms with E-state index in [4.69, 9.17) is 4.74 Å². The first-order chi connectivity index (χ1) is 9.93. The number of carbonyl (C=O) groups is 1. The molecule has 1 N–H and O–H groups in total. The van der Waals surface area contributed by atoms with Crippen LogP contribution >= 0.6 is 0 Å². The Morgan fingerprint density at radius 1 is 1.38 bits per heavy atom. The van der Waals surface area contributed by atoms with Crippen molar-refractivity contribution in [1.29, 1.82) is 0 Å². The molecule has 1 aromatic rings. The monoisotopic (exact) mass is 299 g/mol. The molecule has 1 aliphatic carbocycles. The molecule has 0 aromatic heterocycles. The highest BCUT2D eigenvalue weighted by atomic mass is 19.4. The third-order valence-electron chi connectivity index (χ3n) is 4.23. The molecular formula is C15H16F3NO2. The number of halogens is 3. The smallest absolute Gasteiger partial charge is 0.378 e. The fourth-order valence-electron chi connectivity index (χ4n) is 3.06. The molecular weight excluding hydrogens is 283 g/mol. The zero-order valence-corrected chi connectivity index (χ0v) is 11.3. The van der Waals surface area contributed by atoms with Crippen molar-refractivity contribution in [2.45, 2.75) is 37.6 Å². The third-order valence-corrected chi connectivity index (χ3v) is 4.23. The lowest BCUT2D eigenvalue weighted by Gasteiger charge is -2.39. The topological polar surface area (TPSA) is 38.3 Å². The summed E-state index contributed by atoms with van der Waals surface area (Å²) < 4.78 is 43.3. The van der Waals surface area contributed by atoms with Gasteiger partial charge in [0.05, 0.1) is 18.1 Å². The highest BCUT2D eigenvalue weighted by Crippen LogP contribution is 2.38. The van der Waals surface area contributed by atoms with Crippen LogP contribution < -0.4 is 5.32 Å². The predicted octanol–water partition coefficient (Wildman–Crippen LogP) is 2.54. The fourth-order valence-corrected chi connectivity index (χ4v) is 3.06. The van der Waals surface area contributed by atoms with Crippen LogP contribution in [0.3, 0.4) is 0 Å². The zero-order chi connectivity index (χ0) is 15.0. The van der Waals surface area contributed by atoms with E-state index in [1.807, 2.05) is 0 Å². The molecule has 114 valence electrons. The Bertz CT molecular complexity index is 544. The molecule has 6 heteroatoms. The summed E-state index contributed by atoms with van der Waals surface area (Å²) in [4.78, 5) is 11.9. The molecule has 1 heterocycles. The second kappa shape index (κ2) is 5.33. The number of hydrogen-bond acceptors (Lipinski definition) is 2. The Hall–Kier alpha value is -1.56. The lowest BCUT2D eigenvalue weighted by molar-refractivity contribution is -0.137. The summed E-state index contributed by atoms with van der Waals surface area (Å²) in [6.45, 7) is 0.731. The largest absolute Gasteiger partial charge is 0.416 e. The molecule has 0 bridgehead atoms. The Balaban J connectivity index is 1.58. The Kier molecular flexibility index (Phi) is 3.65. The van der Waals surface area contributed by atoms with Gasteiger partial charge >= 0.3 is 6.18 Å². The number of carbonyl (C=O) groups excluding carboxylic acids is 1. The van der Waals surface area contributed by atoms with Crippen LogP contribution in [0, 0.1) is 5.92 Å². The van der Waals surface area contributed by atoms with Gasteiger partial charge in [0, 0.05) is 18.6 Å². The van der Waals surface area contributed by atoms with Crippen LogP contribution in [0.2, 0.25) is 0 Å². The van der Waals surface area contributed by atoms with E-state index in [2.05, 4.69) is 5.32 Å². The van der Waals surface area contributed by atoms with Gasteiger partial charge in [-0.15, -0.1) is 0 Å². The van der Waals surface area contributed by atoms with Crippen LogP contribution in [-0.4, -0.2) is 24.7 Å². The first-order valence-corrected chi connectivity index (χ1v) is 7.00. The van der Waals surface area contributed by atoms with Gasteiger partial charge in [-0.25, -0.2) is 0 Å². The number of fused-ring (bicyclic) bond motifs is 1. The van der Waals surface area contributed by atoms with Crippen LogP contribution in [0.4, 0.5) is 13.2 Å². The maximum Gasteiger partial charge on any atom is 0.416 e. The van der Waals surface area contributed by atoms with Crippen molar-refractivity contribution in [2.75, 3.05) is 6.61 Å². The van der Waals surface area contributed by atoms with Gasteiger partial charge in [0.1, 0.15) is 0 Å². The molecule has 2 aliphatic rings. The van der Waals surface area contributed by atoms with Gasteiger partial charge in [0.25, 0.3) is 0 Å². The minimum absolute atomic E-state index is 0.0291. The average molecular weight is 299 g/mol. The molecule has 3 rings (SSSR count). The zero-order valence-electron chi connectivity index (χ0n) is 11.3. The molecule has 21 heavy (non-hydrogen) atoms. The van der Waals surface area contributed by atoms with Gasteiger partial charge in [-0.05, 0) is 24.5 Å². The van der Waals surface area contributed by atoms with Gasteiger partial charge in [0.2, 0.25) is 5.91 Å². The Morgan fingerprint density at radius 3 is 2.90 bits per heavy atom. The van der Waals surface area contributed by atoms with Crippen LogP contribution in [0.1, 0.15) is 24.0 Å². The molecule has 1 saturated heterocycles. The first kappa shape index (κ1) is 14.4. The predicted molar refractivity (Wildman–Crippen MR) is 69.5 cm³/mol. The molecule has 2 fully saturated rings. The second-order valence-electron chi connectivity index (χ2n) is 5.65. The van der Waals surface area contributed by atoms with E-state index in [1.54, 1.807) is 0 Å². The molecule has 1 aliphatic heterocycles. The SMILES string of the molecule is O=C(Cc1cccc(C(F)(F)F)c1)N[C@H]1C[C@@H]2OCC[C@H]12. The number of amides is 1.